The second-order valence-electron chi connectivity index (χ2n) is 9.88. The Bertz CT molecular complexity index is 1280. The monoisotopic (exact) mass is 484 g/mol. The fraction of sp³-hybridized carbons (Fsp3) is 0.583. The number of benzene rings is 2. The highest BCUT2D eigenvalue weighted by Gasteiger charge is 2.36. The molecule has 0 aliphatic rings. The Morgan fingerprint density at radius 2 is 0.812 bits per heavy atom. The lowest BCUT2D eigenvalue weighted by atomic mass is 9.74. The average molecular weight is 485 g/mol. The van der Waals surface area contributed by atoms with Gasteiger partial charge in [0.2, 0.25) is 0 Å². The Morgan fingerprint density at radius 3 is 1.09 bits per heavy atom. The Kier molecular flexibility index (Phi) is 7.28. The van der Waals surface area contributed by atoms with E-state index >= 15 is 0 Å². The van der Waals surface area contributed by atoms with E-state index in [1.54, 1.807) is 6.92 Å². The van der Waals surface area contributed by atoms with Crippen molar-refractivity contribution in [3.8, 4) is 0 Å². The van der Waals surface area contributed by atoms with Crippen LogP contribution in [0.25, 0.3) is 10.8 Å². The number of rotatable bonds is 6. The molecule has 2 aromatic carbocycles. The summed E-state index contributed by atoms with van der Waals surface area (Å²) >= 11 is 0. The summed E-state index contributed by atoms with van der Waals surface area (Å²) in [5.41, 5.74) is 4.47. The minimum absolute atomic E-state index is 0.0116. The summed E-state index contributed by atoms with van der Waals surface area (Å²) in [5, 5.41) is 0.851. The summed E-state index contributed by atoms with van der Waals surface area (Å²) in [4.78, 5) is -1.46. The predicted molar refractivity (Wildman–Crippen MR) is 129 cm³/mol. The molecule has 0 atom stereocenters. The van der Waals surface area contributed by atoms with Gasteiger partial charge in [0.15, 0.2) is 0 Å². The molecule has 180 valence electrons. The van der Waals surface area contributed by atoms with Gasteiger partial charge in [-0.15, -0.1) is 0 Å². The van der Waals surface area contributed by atoms with Crippen molar-refractivity contribution in [2.45, 2.75) is 103 Å². The SMILES string of the molecule is Cc1c(S(=O)(=O)O)c(S(=O)(=O)O)c2c(C(C)C)c(C(C)C)c(C(C)C)c(C(C)C)c2c1C. The molecule has 32 heavy (non-hydrogen) atoms. The lowest BCUT2D eigenvalue weighted by Gasteiger charge is -2.32. The van der Waals surface area contributed by atoms with Crippen molar-refractivity contribution in [3.63, 3.8) is 0 Å². The molecule has 0 unspecified atom stereocenters. The van der Waals surface area contributed by atoms with Gasteiger partial charge in [-0.1, -0.05) is 55.4 Å². The van der Waals surface area contributed by atoms with Gasteiger partial charge in [-0.25, -0.2) is 0 Å². The molecule has 0 heterocycles. The van der Waals surface area contributed by atoms with E-state index in [0.717, 1.165) is 16.7 Å². The zero-order chi connectivity index (χ0) is 25.1. The summed E-state index contributed by atoms with van der Waals surface area (Å²) < 4.78 is 70.5. The highest BCUT2D eigenvalue weighted by atomic mass is 32.2. The number of aryl methyl sites for hydroxylation is 1. The molecule has 0 radical (unpaired) electrons. The van der Waals surface area contributed by atoms with Crippen molar-refractivity contribution in [2.75, 3.05) is 0 Å². The highest BCUT2D eigenvalue weighted by Crippen LogP contribution is 2.49. The summed E-state index contributed by atoms with van der Waals surface area (Å²) in [5.74, 6) is 0.0154. The van der Waals surface area contributed by atoms with Crippen LogP contribution < -0.4 is 0 Å². The molecule has 0 saturated carbocycles. The summed E-state index contributed by atoms with van der Waals surface area (Å²) in [6.07, 6.45) is 0. The van der Waals surface area contributed by atoms with Crippen LogP contribution in [0.5, 0.6) is 0 Å². The number of hydrogen-bond acceptors (Lipinski definition) is 4. The molecule has 6 nitrogen and oxygen atoms in total. The van der Waals surface area contributed by atoms with Crippen molar-refractivity contribution in [1.29, 1.82) is 0 Å². The van der Waals surface area contributed by atoms with E-state index in [9.17, 15) is 25.9 Å². The molecule has 0 aliphatic carbocycles. The lowest BCUT2D eigenvalue weighted by molar-refractivity contribution is 0.466. The van der Waals surface area contributed by atoms with E-state index in [1.807, 2.05) is 41.5 Å². The van der Waals surface area contributed by atoms with E-state index in [1.165, 1.54) is 6.92 Å². The first-order valence-electron chi connectivity index (χ1n) is 11.0. The van der Waals surface area contributed by atoms with Crippen molar-refractivity contribution < 1.29 is 25.9 Å². The zero-order valence-electron chi connectivity index (χ0n) is 20.7. The lowest BCUT2D eigenvalue weighted by Crippen LogP contribution is -2.18. The number of hydrogen-bond donors (Lipinski definition) is 2. The summed E-state index contributed by atoms with van der Waals surface area (Å²) in [6.45, 7) is 19.4. The Labute approximate surface area is 192 Å². The minimum Gasteiger partial charge on any atom is -0.282 e. The highest BCUT2D eigenvalue weighted by molar-refractivity contribution is 7.89. The van der Waals surface area contributed by atoms with Crippen LogP contribution in [0.1, 0.15) is 112 Å². The third kappa shape index (κ3) is 4.34. The fourth-order valence-corrected chi connectivity index (χ4v) is 7.46. The van der Waals surface area contributed by atoms with E-state index in [0.29, 0.717) is 16.5 Å². The van der Waals surface area contributed by atoms with Crippen molar-refractivity contribution in [2.24, 2.45) is 0 Å². The Morgan fingerprint density at radius 1 is 0.500 bits per heavy atom. The normalized spacial score (nSPS) is 13.4. The summed E-state index contributed by atoms with van der Waals surface area (Å²) in [7, 11) is -9.93. The molecule has 0 fully saturated rings. The van der Waals surface area contributed by atoms with Crippen LogP contribution in [-0.2, 0) is 20.2 Å². The molecular formula is C24H36O6S2. The van der Waals surface area contributed by atoms with Crippen LogP contribution in [0.3, 0.4) is 0 Å². The van der Waals surface area contributed by atoms with E-state index in [4.69, 9.17) is 0 Å². The molecule has 0 aliphatic heterocycles. The van der Waals surface area contributed by atoms with Gasteiger partial charge in [0, 0.05) is 5.39 Å². The molecule has 2 aromatic rings. The second kappa shape index (κ2) is 8.70. The van der Waals surface area contributed by atoms with Gasteiger partial charge in [0.05, 0.1) is 0 Å². The minimum atomic E-state index is -5.00. The maximum atomic E-state index is 12.7. The Hall–Kier alpha value is -1.48. The maximum Gasteiger partial charge on any atom is 0.296 e. The molecule has 0 saturated heterocycles. The molecule has 2 rings (SSSR count). The molecule has 0 spiro atoms. The Balaban J connectivity index is 3.69. The van der Waals surface area contributed by atoms with Crippen LogP contribution in [0, 0.1) is 13.8 Å². The van der Waals surface area contributed by atoms with Gasteiger partial charge in [-0.05, 0) is 76.3 Å². The standard InChI is InChI=1S/C24H36O6S2/c1-11(2)17-18(12(3)4)20(14(7)8)22-21(19(17)13(5)6)15(9)16(10)23(31(25,26)27)24(22)32(28,29)30/h11-14H,1-10H3,(H,25,26,27)(H,28,29,30). The van der Waals surface area contributed by atoms with Gasteiger partial charge in [-0.3, -0.25) is 9.11 Å². The topological polar surface area (TPSA) is 109 Å². The van der Waals surface area contributed by atoms with Crippen LogP contribution in [0.2, 0.25) is 0 Å². The van der Waals surface area contributed by atoms with Crippen molar-refractivity contribution in [3.05, 3.63) is 33.4 Å². The molecule has 2 N–H and O–H groups in total. The maximum absolute atomic E-state index is 12.7. The van der Waals surface area contributed by atoms with Crippen LogP contribution >= 0.6 is 0 Å². The molecule has 0 aromatic heterocycles. The molecule has 8 heteroatoms. The van der Waals surface area contributed by atoms with Crippen LogP contribution in [0.4, 0.5) is 0 Å². The van der Waals surface area contributed by atoms with Gasteiger partial charge in [-0.2, -0.15) is 16.8 Å². The fourth-order valence-electron chi connectivity index (χ4n) is 5.10. The third-order valence-corrected chi connectivity index (χ3v) is 8.28. The number of fused-ring (bicyclic) bond motifs is 1. The first-order chi connectivity index (χ1) is 14.4. The van der Waals surface area contributed by atoms with E-state index in [-0.39, 0.29) is 34.6 Å². The molecule has 0 amide bonds. The summed E-state index contributed by atoms with van der Waals surface area (Å²) in [6, 6.07) is 0. The van der Waals surface area contributed by atoms with E-state index in [2.05, 4.69) is 13.8 Å². The zero-order valence-corrected chi connectivity index (χ0v) is 22.3. The van der Waals surface area contributed by atoms with Gasteiger partial charge >= 0.3 is 0 Å². The van der Waals surface area contributed by atoms with Gasteiger partial charge < -0.3 is 0 Å². The van der Waals surface area contributed by atoms with Crippen LogP contribution in [-0.4, -0.2) is 25.9 Å². The smallest absolute Gasteiger partial charge is 0.282 e. The first-order valence-corrected chi connectivity index (χ1v) is 13.8. The van der Waals surface area contributed by atoms with Gasteiger partial charge in [0.25, 0.3) is 20.2 Å². The van der Waals surface area contributed by atoms with E-state index < -0.39 is 30.0 Å². The molecular weight excluding hydrogens is 448 g/mol. The van der Waals surface area contributed by atoms with Crippen molar-refractivity contribution >= 4 is 31.0 Å². The largest absolute Gasteiger partial charge is 0.296 e. The average Bonchev–Trinajstić information content (AvgIpc) is 2.59. The van der Waals surface area contributed by atoms with Gasteiger partial charge in [0.1, 0.15) is 9.79 Å². The molecule has 0 bridgehead atoms. The third-order valence-electron chi connectivity index (χ3n) is 6.20. The first kappa shape index (κ1) is 26.8. The predicted octanol–water partition coefficient (Wildman–Crippen LogP) is 6.44. The second-order valence-corrected chi connectivity index (χ2v) is 12.6. The van der Waals surface area contributed by atoms with Crippen molar-refractivity contribution in [1.82, 2.24) is 0 Å². The quantitative estimate of drug-likeness (QED) is 0.456. The van der Waals surface area contributed by atoms with Crippen LogP contribution in [0.15, 0.2) is 9.79 Å².